The summed E-state index contributed by atoms with van der Waals surface area (Å²) in [4.78, 5) is 23.5. The number of aromatic amines is 2. The second-order valence-corrected chi connectivity index (χ2v) is 4.16. The van der Waals surface area contributed by atoms with Gasteiger partial charge in [0.1, 0.15) is 5.75 Å². The second-order valence-electron chi connectivity index (χ2n) is 4.16. The van der Waals surface area contributed by atoms with Crippen molar-refractivity contribution in [2.24, 2.45) is 5.73 Å². The lowest BCUT2D eigenvalue weighted by atomic mass is 10.1. The van der Waals surface area contributed by atoms with Crippen LogP contribution in [0.2, 0.25) is 0 Å². The number of anilines is 1. The third kappa shape index (κ3) is 2.60. The highest BCUT2D eigenvalue weighted by Gasteiger charge is 2.12. The molecule has 6 N–H and O–H groups in total. The standard InChI is InChI=1S/C12H16N4O3/c13-5-1-2-6-19-8-4-3-7(14)9-10(8)12(18)16-15-11(9)17/h3-4H,1-2,5-6,13-14H2,(H,15,17)(H,16,18). The Balaban J connectivity index is 2.45. The van der Waals surface area contributed by atoms with Gasteiger partial charge in [0.15, 0.2) is 0 Å². The molecule has 0 fully saturated rings. The molecule has 0 amide bonds. The number of ether oxygens (including phenoxy) is 1. The van der Waals surface area contributed by atoms with Gasteiger partial charge in [-0.2, -0.15) is 0 Å². The molecule has 0 spiro atoms. The number of fused-ring (bicyclic) bond motifs is 1. The minimum atomic E-state index is -0.445. The Morgan fingerprint density at radius 1 is 1.05 bits per heavy atom. The summed E-state index contributed by atoms with van der Waals surface area (Å²) in [7, 11) is 0. The van der Waals surface area contributed by atoms with Crippen molar-refractivity contribution >= 4 is 16.5 Å². The lowest BCUT2D eigenvalue weighted by molar-refractivity contribution is 0.311. The van der Waals surface area contributed by atoms with Crippen molar-refractivity contribution in [3.63, 3.8) is 0 Å². The quantitative estimate of drug-likeness (QED) is 0.443. The monoisotopic (exact) mass is 264 g/mol. The van der Waals surface area contributed by atoms with E-state index in [9.17, 15) is 9.59 Å². The molecule has 2 rings (SSSR count). The average Bonchev–Trinajstić information content (AvgIpc) is 2.40. The van der Waals surface area contributed by atoms with Gasteiger partial charge in [-0.05, 0) is 31.5 Å². The maximum absolute atomic E-state index is 11.8. The molecule has 0 aliphatic carbocycles. The van der Waals surface area contributed by atoms with Gasteiger partial charge in [-0.15, -0.1) is 0 Å². The van der Waals surface area contributed by atoms with Gasteiger partial charge in [0, 0.05) is 5.69 Å². The molecule has 19 heavy (non-hydrogen) atoms. The molecule has 2 aromatic rings. The molecule has 0 saturated heterocycles. The molecule has 0 atom stereocenters. The van der Waals surface area contributed by atoms with E-state index >= 15 is 0 Å². The van der Waals surface area contributed by atoms with Crippen molar-refractivity contribution in [2.45, 2.75) is 12.8 Å². The van der Waals surface area contributed by atoms with E-state index < -0.39 is 11.1 Å². The van der Waals surface area contributed by atoms with Crippen LogP contribution in [0.15, 0.2) is 21.7 Å². The Kier molecular flexibility index (Phi) is 3.86. The van der Waals surface area contributed by atoms with Crippen molar-refractivity contribution in [1.29, 1.82) is 0 Å². The summed E-state index contributed by atoms with van der Waals surface area (Å²) in [5, 5.41) is 4.84. The van der Waals surface area contributed by atoms with Gasteiger partial charge in [-0.1, -0.05) is 0 Å². The van der Waals surface area contributed by atoms with Crippen LogP contribution in [-0.4, -0.2) is 23.3 Å². The van der Waals surface area contributed by atoms with Gasteiger partial charge in [0.05, 0.1) is 17.4 Å². The number of H-pyrrole nitrogens is 2. The second kappa shape index (κ2) is 5.57. The van der Waals surface area contributed by atoms with Crippen LogP contribution in [0.25, 0.3) is 10.8 Å². The molecule has 1 aromatic carbocycles. The van der Waals surface area contributed by atoms with E-state index in [0.717, 1.165) is 12.8 Å². The van der Waals surface area contributed by atoms with Crippen LogP contribution in [0.4, 0.5) is 5.69 Å². The Bertz CT molecular complexity index is 689. The Hall–Kier alpha value is -2.28. The van der Waals surface area contributed by atoms with E-state index in [1.807, 2.05) is 0 Å². The third-order valence-electron chi connectivity index (χ3n) is 2.80. The number of benzene rings is 1. The van der Waals surface area contributed by atoms with E-state index in [0.29, 0.717) is 18.9 Å². The molecular weight excluding hydrogens is 248 g/mol. The molecular formula is C12H16N4O3. The zero-order chi connectivity index (χ0) is 13.8. The lowest BCUT2D eigenvalue weighted by Crippen LogP contribution is -2.21. The molecule has 0 radical (unpaired) electrons. The smallest absolute Gasteiger partial charge is 0.274 e. The minimum absolute atomic E-state index is 0.153. The topological polar surface area (TPSA) is 127 Å². The van der Waals surface area contributed by atoms with Gasteiger partial charge in [-0.25, -0.2) is 0 Å². The van der Waals surface area contributed by atoms with Crippen LogP contribution in [0, 0.1) is 0 Å². The highest BCUT2D eigenvalue weighted by Crippen LogP contribution is 2.24. The first-order valence-electron chi connectivity index (χ1n) is 6.01. The summed E-state index contributed by atoms with van der Waals surface area (Å²) < 4.78 is 5.53. The minimum Gasteiger partial charge on any atom is -0.493 e. The zero-order valence-corrected chi connectivity index (χ0v) is 10.4. The van der Waals surface area contributed by atoms with Crippen LogP contribution in [0.5, 0.6) is 5.75 Å². The largest absolute Gasteiger partial charge is 0.493 e. The predicted octanol–water partition coefficient (Wildman–Crippen LogP) is -0.0837. The lowest BCUT2D eigenvalue weighted by Gasteiger charge is -2.09. The van der Waals surface area contributed by atoms with Crippen LogP contribution < -0.4 is 27.3 Å². The Morgan fingerprint density at radius 2 is 1.74 bits per heavy atom. The summed E-state index contributed by atoms with van der Waals surface area (Å²) in [6.07, 6.45) is 1.62. The van der Waals surface area contributed by atoms with Crippen LogP contribution >= 0.6 is 0 Å². The fourth-order valence-electron chi connectivity index (χ4n) is 1.86. The number of nitrogens with one attached hydrogen (secondary N) is 2. The Morgan fingerprint density at radius 3 is 2.42 bits per heavy atom. The Labute approximate surface area is 108 Å². The van der Waals surface area contributed by atoms with E-state index in [4.69, 9.17) is 16.2 Å². The first-order valence-corrected chi connectivity index (χ1v) is 6.01. The normalized spacial score (nSPS) is 10.8. The summed E-state index contributed by atoms with van der Waals surface area (Å²) in [6, 6.07) is 3.14. The van der Waals surface area contributed by atoms with Gasteiger partial charge in [0.25, 0.3) is 11.1 Å². The first kappa shape index (κ1) is 13.2. The molecule has 0 aliphatic rings. The summed E-state index contributed by atoms with van der Waals surface area (Å²) in [5.74, 6) is 0.355. The number of rotatable bonds is 5. The van der Waals surface area contributed by atoms with Gasteiger partial charge in [-0.3, -0.25) is 19.8 Å². The van der Waals surface area contributed by atoms with E-state index in [1.54, 1.807) is 12.1 Å². The fraction of sp³-hybridized carbons (Fsp3) is 0.333. The van der Waals surface area contributed by atoms with E-state index in [2.05, 4.69) is 10.2 Å². The van der Waals surface area contributed by atoms with Crippen molar-refractivity contribution < 1.29 is 4.74 Å². The number of unbranched alkanes of at least 4 members (excludes halogenated alkanes) is 1. The molecule has 0 unspecified atom stereocenters. The number of nitrogen functional groups attached to an aromatic ring is 1. The molecule has 102 valence electrons. The number of aromatic nitrogens is 2. The molecule has 0 bridgehead atoms. The van der Waals surface area contributed by atoms with Crippen molar-refractivity contribution in [2.75, 3.05) is 18.9 Å². The number of hydrogen-bond acceptors (Lipinski definition) is 5. The molecule has 7 heteroatoms. The van der Waals surface area contributed by atoms with Crippen molar-refractivity contribution in [3.05, 3.63) is 32.8 Å². The number of nitrogens with two attached hydrogens (primary N) is 2. The van der Waals surface area contributed by atoms with Gasteiger partial charge >= 0.3 is 0 Å². The van der Waals surface area contributed by atoms with Gasteiger partial charge < -0.3 is 16.2 Å². The highest BCUT2D eigenvalue weighted by molar-refractivity contribution is 5.95. The highest BCUT2D eigenvalue weighted by atomic mass is 16.5. The SMILES string of the molecule is NCCCCOc1ccc(N)c2c(=O)[nH][nH]c(=O)c12. The first-order chi connectivity index (χ1) is 9.15. The molecule has 7 nitrogen and oxygen atoms in total. The van der Waals surface area contributed by atoms with Gasteiger partial charge in [0.2, 0.25) is 0 Å². The van der Waals surface area contributed by atoms with Crippen molar-refractivity contribution in [1.82, 2.24) is 10.2 Å². The zero-order valence-electron chi connectivity index (χ0n) is 10.4. The molecule has 1 heterocycles. The number of hydrogen-bond donors (Lipinski definition) is 4. The maximum Gasteiger partial charge on any atom is 0.274 e. The summed E-state index contributed by atoms with van der Waals surface area (Å²) in [5.41, 5.74) is 10.5. The van der Waals surface area contributed by atoms with E-state index in [-0.39, 0.29) is 16.5 Å². The van der Waals surface area contributed by atoms with Crippen LogP contribution in [0.1, 0.15) is 12.8 Å². The van der Waals surface area contributed by atoms with Crippen LogP contribution in [0.3, 0.4) is 0 Å². The molecule has 0 saturated carbocycles. The molecule has 0 aliphatic heterocycles. The predicted molar refractivity (Wildman–Crippen MR) is 73.4 cm³/mol. The van der Waals surface area contributed by atoms with Crippen LogP contribution in [-0.2, 0) is 0 Å². The van der Waals surface area contributed by atoms with E-state index in [1.165, 1.54) is 0 Å². The fourth-order valence-corrected chi connectivity index (χ4v) is 1.86. The summed E-state index contributed by atoms with van der Waals surface area (Å²) in [6.45, 7) is 1.02. The third-order valence-corrected chi connectivity index (χ3v) is 2.80. The summed E-state index contributed by atoms with van der Waals surface area (Å²) >= 11 is 0. The maximum atomic E-state index is 11.8. The average molecular weight is 264 g/mol. The van der Waals surface area contributed by atoms with Crippen molar-refractivity contribution in [3.8, 4) is 5.75 Å². The molecule has 1 aromatic heterocycles.